The van der Waals surface area contributed by atoms with Gasteiger partial charge in [0.25, 0.3) is 0 Å². The van der Waals surface area contributed by atoms with E-state index in [1.54, 1.807) is 22.4 Å². The van der Waals surface area contributed by atoms with E-state index in [0.717, 1.165) is 81.2 Å². The summed E-state index contributed by atoms with van der Waals surface area (Å²) in [6.45, 7) is 15.3. The predicted molar refractivity (Wildman–Crippen MR) is 234 cm³/mol. The molecule has 308 valence electrons. The molecular formula is C47H60N6O4S. The van der Waals surface area contributed by atoms with Crippen LogP contribution in [0.1, 0.15) is 108 Å². The first kappa shape index (κ1) is 42.7. The van der Waals surface area contributed by atoms with Gasteiger partial charge in [0.2, 0.25) is 11.8 Å². The number of carbonyl (C=O) groups excluding carboxylic acids is 3. The van der Waals surface area contributed by atoms with E-state index in [0.29, 0.717) is 37.9 Å². The van der Waals surface area contributed by atoms with E-state index in [1.165, 1.54) is 0 Å². The van der Waals surface area contributed by atoms with Crippen LogP contribution in [0.5, 0.6) is 0 Å². The first-order valence-electron chi connectivity index (χ1n) is 20.9. The molecule has 0 unspecified atom stereocenters. The van der Waals surface area contributed by atoms with Crippen LogP contribution in [0.15, 0.2) is 78.7 Å². The summed E-state index contributed by atoms with van der Waals surface area (Å²) in [5.41, 5.74) is 8.61. The molecule has 10 nitrogen and oxygen atoms in total. The molecule has 0 bridgehead atoms. The van der Waals surface area contributed by atoms with Crippen molar-refractivity contribution in [3.05, 3.63) is 95.5 Å². The van der Waals surface area contributed by atoms with Gasteiger partial charge in [-0.15, -0.1) is 11.3 Å². The molecule has 1 saturated heterocycles. The quantitative estimate of drug-likeness (QED) is 0.0611. The molecule has 3 aromatic heterocycles. The van der Waals surface area contributed by atoms with E-state index >= 15 is 0 Å². The topological polar surface area (TPSA) is 140 Å². The Kier molecular flexibility index (Phi) is 14.2. The Labute approximate surface area is 346 Å². The monoisotopic (exact) mass is 804 g/mol. The molecule has 58 heavy (non-hydrogen) atoms. The summed E-state index contributed by atoms with van der Waals surface area (Å²) in [5, 5.41) is 19.5. The number of β-amino-alcohol motifs (C(OH)–C–C–N with tert-alkyl or cyclic N) is 1. The zero-order valence-electron chi connectivity index (χ0n) is 34.8. The van der Waals surface area contributed by atoms with Gasteiger partial charge in [-0.2, -0.15) is 0 Å². The first-order valence-corrected chi connectivity index (χ1v) is 21.7. The Morgan fingerprint density at radius 3 is 2.50 bits per heavy atom. The molecule has 1 fully saturated rings. The van der Waals surface area contributed by atoms with Crippen LogP contribution in [-0.4, -0.2) is 67.8 Å². The number of unbranched alkanes of at least 4 members (excludes halogenated alkanes) is 4. The number of nitrogens with zero attached hydrogens (tertiary/aromatic N) is 3. The van der Waals surface area contributed by atoms with Crippen LogP contribution in [-0.2, 0) is 20.8 Å². The third-order valence-electron chi connectivity index (χ3n) is 11.6. The summed E-state index contributed by atoms with van der Waals surface area (Å²) in [5.74, 6) is -0.445. The fourth-order valence-corrected chi connectivity index (χ4v) is 8.95. The normalized spacial score (nSPS) is 16.8. The van der Waals surface area contributed by atoms with Crippen molar-refractivity contribution in [2.45, 2.75) is 117 Å². The fraction of sp³-hybridized carbons (Fsp3) is 0.468. The van der Waals surface area contributed by atoms with Crippen LogP contribution < -0.4 is 10.6 Å². The molecule has 1 aliphatic rings. The average Bonchev–Trinajstić information content (AvgIpc) is 3.92. The smallest absolute Gasteiger partial charge is 0.227 e. The highest BCUT2D eigenvalue weighted by Gasteiger charge is 2.43. The highest BCUT2D eigenvalue weighted by atomic mass is 32.1. The zero-order chi connectivity index (χ0) is 41.4. The third kappa shape index (κ3) is 10.8. The molecule has 11 heteroatoms. The molecule has 0 spiro atoms. The van der Waals surface area contributed by atoms with E-state index in [2.05, 4.69) is 81.6 Å². The lowest BCUT2D eigenvalue weighted by atomic mass is 9.76. The summed E-state index contributed by atoms with van der Waals surface area (Å²) in [6.07, 6.45) is 9.74. The predicted octanol–water partition coefficient (Wildman–Crippen LogP) is 8.99. The van der Waals surface area contributed by atoms with Crippen LogP contribution in [0.3, 0.4) is 0 Å². The second-order valence-corrected chi connectivity index (χ2v) is 18.0. The van der Waals surface area contributed by atoms with Crippen molar-refractivity contribution >= 4 is 50.7 Å². The van der Waals surface area contributed by atoms with Crippen molar-refractivity contribution < 1.29 is 19.5 Å². The van der Waals surface area contributed by atoms with Crippen molar-refractivity contribution in [1.29, 1.82) is 0 Å². The Balaban J connectivity index is 0.890. The van der Waals surface area contributed by atoms with Crippen molar-refractivity contribution in [2.75, 3.05) is 13.1 Å². The maximum absolute atomic E-state index is 14.2. The number of nitrogens with one attached hydrogen (secondary N) is 3. The number of Topliss-reactive ketones (excluding diaryl/α,β-unsaturated/α-hetero) is 1. The number of ketones is 1. The third-order valence-corrected chi connectivity index (χ3v) is 12.6. The highest BCUT2D eigenvalue weighted by molar-refractivity contribution is 7.13. The number of aliphatic hydroxyl groups is 1. The van der Waals surface area contributed by atoms with Crippen LogP contribution in [0, 0.1) is 18.3 Å². The molecule has 4 N–H and O–H groups in total. The van der Waals surface area contributed by atoms with E-state index < -0.39 is 17.4 Å². The molecule has 0 aliphatic carbocycles. The van der Waals surface area contributed by atoms with Crippen LogP contribution in [0.2, 0.25) is 0 Å². The largest absolute Gasteiger partial charge is 0.391 e. The number of benzene rings is 2. The van der Waals surface area contributed by atoms with Crippen LogP contribution >= 0.6 is 11.3 Å². The van der Waals surface area contributed by atoms with E-state index in [9.17, 15) is 19.5 Å². The molecule has 0 saturated carbocycles. The number of aryl methyl sites for hydroxylation is 2. The van der Waals surface area contributed by atoms with Gasteiger partial charge in [-0.25, -0.2) is 4.98 Å². The van der Waals surface area contributed by atoms with Crippen LogP contribution in [0.4, 0.5) is 0 Å². The van der Waals surface area contributed by atoms with Crippen molar-refractivity contribution in [3.8, 4) is 10.4 Å². The zero-order valence-corrected chi connectivity index (χ0v) is 35.6. The van der Waals surface area contributed by atoms with Gasteiger partial charge in [0, 0.05) is 90.6 Å². The molecule has 2 aromatic carbocycles. The second-order valence-electron chi connectivity index (χ2n) is 17.1. The number of aromatic amines is 1. The Morgan fingerprint density at radius 2 is 1.76 bits per heavy atom. The van der Waals surface area contributed by atoms with Crippen molar-refractivity contribution in [2.24, 2.45) is 11.3 Å². The molecule has 6 rings (SSSR count). The van der Waals surface area contributed by atoms with Gasteiger partial charge in [0.1, 0.15) is 5.78 Å². The van der Waals surface area contributed by atoms with Gasteiger partial charge < -0.3 is 25.6 Å². The van der Waals surface area contributed by atoms with E-state index in [-0.39, 0.29) is 42.6 Å². The standard InChI is InChI=1S/C47H60N6O4S/c1-30(34-15-17-35(18-16-34)45-32(3)50-29-58-45)51-31(2)43-26-37(55)28-53(43)46(57)40(47(4,5)6)25-36(54)12-10-8-7-9-11-22-49-44(56)20-14-33-13-19-38-39-27-48-23-21-41(39)52-42(38)24-33/h13,15-19,21,23-24,27,29-30,37,40,43,51-52,55H,2,7-12,14,20,22,25-26,28H2,1,3-6H3,(H,49,56)/t30-,37+,40+,43-/m0/s1. The molecule has 1 aliphatic heterocycles. The van der Waals surface area contributed by atoms with Gasteiger partial charge >= 0.3 is 0 Å². The van der Waals surface area contributed by atoms with Crippen molar-refractivity contribution in [1.82, 2.24) is 30.5 Å². The maximum atomic E-state index is 14.2. The SMILES string of the molecule is C=C(N[C@@H](C)c1ccc(-c2scnc2C)cc1)[C@@H]1C[C@@H](O)CN1C(=O)[C@@H](CC(=O)CCCCCCCNC(=O)CCc1ccc2c(c1)[nH]c1ccncc12)C(C)(C)C. The summed E-state index contributed by atoms with van der Waals surface area (Å²) in [6, 6.07) is 16.3. The molecular weight excluding hydrogens is 745 g/mol. The molecule has 4 atom stereocenters. The minimum Gasteiger partial charge on any atom is -0.391 e. The molecule has 5 aromatic rings. The van der Waals surface area contributed by atoms with E-state index in [4.69, 9.17) is 0 Å². The number of pyridine rings is 1. The number of likely N-dealkylation sites (tertiary alicyclic amines) is 1. The lowest BCUT2D eigenvalue weighted by Gasteiger charge is -2.36. The first-order chi connectivity index (χ1) is 27.8. The van der Waals surface area contributed by atoms with E-state index in [1.807, 2.05) is 45.5 Å². The minimum atomic E-state index is -0.653. The number of H-pyrrole nitrogens is 1. The fourth-order valence-electron chi connectivity index (χ4n) is 8.14. The Morgan fingerprint density at radius 1 is 1.00 bits per heavy atom. The summed E-state index contributed by atoms with van der Waals surface area (Å²) in [7, 11) is 0. The lowest BCUT2D eigenvalue weighted by molar-refractivity contribution is -0.142. The number of hydrogen-bond acceptors (Lipinski definition) is 8. The highest BCUT2D eigenvalue weighted by Crippen LogP contribution is 2.35. The van der Waals surface area contributed by atoms with Crippen LogP contribution in [0.25, 0.3) is 32.2 Å². The Hall–Kier alpha value is -4.87. The Bertz CT molecular complexity index is 2200. The molecule has 4 heterocycles. The average molecular weight is 805 g/mol. The molecule has 0 radical (unpaired) electrons. The number of hydrogen-bond donors (Lipinski definition) is 4. The van der Waals surface area contributed by atoms with Gasteiger partial charge in [-0.1, -0.05) is 83.0 Å². The number of rotatable bonds is 19. The number of carbonyl (C=O) groups is 3. The minimum absolute atomic E-state index is 0.0557. The van der Waals surface area contributed by atoms with Crippen molar-refractivity contribution in [3.63, 3.8) is 0 Å². The lowest BCUT2D eigenvalue weighted by Crippen LogP contribution is -2.47. The van der Waals surface area contributed by atoms with Gasteiger partial charge in [0.05, 0.1) is 28.2 Å². The molecule has 2 amide bonds. The van der Waals surface area contributed by atoms with Gasteiger partial charge in [-0.05, 0) is 67.3 Å². The van der Waals surface area contributed by atoms with Gasteiger partial charge in [-0.3, -0.25) is 19.4 Å². The van der Waals surface area contributed by atoms with Gasteiger partial charge in [0.15, 0.2) is 0 Å². The second kappa shape index (κ2) is 19.3. The maximum Gasteiger partial charge on any atom is 0.227 e. The number of thiazole rings is 1. The summed E-state index contributed by atoms with van der Waals surface area (Å²) >= 11 is 1.63. The number of fused-ring (bicyclic) bond motifs is 3. The number of aromatic nitrogens is 3. The number of amides is 2. The number of aliphatic hydroxyl groups excluding tert-OH is 1. The summed E-state index contributed by atoms with van der Waals surface area (Å²) < 4.78 is 0. The summed E-state index contributed by atoms with van der Waals surface area (Å²) in [4.78, 5) is 54.9.